The summed E-state index contributed by atoms with van der Waals surface area (Å²) in [6.45, 7) is 0.550. The van der Waals surface area contributed by atoms with Crippen molar-refractivity contribution in [1.29, 1.82) is 0 Å². The number of imidazole rings is 1. The highest BCUT2D eigenvalue weighted by Crippen LogP contribution is 2.28. The van der Waals surface area contributed by atoms with Crippen molar-refractivity contribution in [2.75, 3.05) is 13.1 Å². The number of sulfonamides is 1. The Labute approximate surface area is 134 Å². The Morgan fingerprint density at radius 2 is 2.17 bits per heavy atom. The van der Waals surface area contributed by atoms with Crippen molar-refractivity contribution in [2.24, 2.45) is 12.8 Å². The van der Waals surface area contributed by atoms with E-state index < -0.39 is 15.8 Å². The predicted octanol–water partition coefficient (Wildman–Crippen LogP) is 0.816. The lowest BCUT2D eigenvalue weighted by molar-refractivity contribution is 0.469. The average Bonchev–Trinajstić information content (AvgIpc) is 3.04. The predicted molar refractivity (Wildman–Crippen MR) is 84.5 cm³/mol. The third-order valence-electron chi connectivity index (χ3n) is 4.07. The van der Waals surface area contributed by atoms with Gasteiger partial charge in [-0.05, 0) is 17.7 Å². The summed E-state index contributed by atoms with van der Waals surface area (Å²) in [7, 11) is -1.69. The van der Waals surface area contributed by atoms with Crippen LogP contribution in [0.1, 0.15) is 17.2 Å². The maximum Gasteiger partial charge on any atom is 0.218 e. The molecule has 2 heterocycles. The van der Waals surface area contributed by atoms with Crippen LogP contribution in [-0.2, 0) is 22.8 Å². The molecule has 8 heteroatoms. The molecule has 6 nitrogen and oxygen atoms in total. The number of hydrogen-bond donors (Lipinski definition) is 1. The molecule has 1 aromatic heterocycles. The Morgan fingerprint density at radius 3 is 2.83 bits per heavy atom. The van der Waals surface area contributed by atoms with Crippen LogP contribution >= 0.6 is 0 Å². The van der Waals surface area contributed by atoms with E-state index in [-0.39, 0.29) is 24.3 Å². The molecule has 23 heavy (non-hydrogen) atoms. The highest BCUT2D eigenvalue weighted by Gasteiger charge is 2.38. The summed E-state index contributed by atoms with van der Waals surface area (Å²) in [5.74, 6) is -0.799. The van der Waals surface area contributed by atoms with Crippen molar-refractivity contribution >= 4 is 10.0 Å². The molecule has 124 valence electrons. The van der Waals surface area contributed by atoms with E-state index in [1.165, 1.54) is 22.5 Å². The first-order valence-electron chi connectivity index (χ1n) is 7.31. The van der Waals surface area contributed by atoms with Crippen LogP contribution in [0.4, 0.5) is 4.39 Å². The molecular weight excluding hydrogens is 319 g/mol. The number of nitrogens with two attached hydrogens (primary N) is 1. The molecule has 1 fully saturated rings. The van der Waals surface area contributed by atoms with E-state index in [2.05, 4.69) is 4.98 Å². The van der Waals surface area contributed by atoms with E-state index in [1.807, 2.05) is 17.8 Å². The van der Waals surface area contributed by atoms with Crippen LogP contribution in [0.2, 0.25) is 0 Å². The van der Waals surface area contributed by atoms with Gasteiger partial charge in [0.2, 0.25) is 10.0 Å². The Balaban J connectivity index is 1.76. The minimum atomic E-state index is -3.54. The van der Waals surface area contributed by atoms with Gasteiger partial charge in [0.05, 0.1) is 17.8 Å². The van der Waals surface area contributed by atoms with Gasteiger partial charge in [-0.2, -0.15) is 4.31 Å². The van der Waals surface area contributed by atoms with E-state index in [9.17, 15) is 12.8 Å². The summed E-state index contributed by atoms with van der Waals surface area (Å²) in [5, 5.41) is 0. The quantitative estimate of drug-likeness (QED) is 0.895. The third kappa shape index (κ3) is 3.44. The van der Waals surface area contributed by atoms with E-state index >= 15 is 0 Å². The molecule has 2 N–H and O–H groups in total. The van der Waals surface area contributed by atoms with Crippen LogP contribution < -0.4 is 5.73 Å². The largest absolute Gasteiger partial charge is 0.340 e. The van der Waals surface area contributed by atoms with Gasteiger partial charge in [-0.25, -0.2) is 17.8 Å². The van der Waals surface area contributed by atoms with Gasteiger partial charge >= 0.3 is 0 Å². The van der Waals surface area contributed by atoms with Crippen LogP contribution in [0, 0.1) is 5.82 Å². The number of rotatable bonds is 4. The fourth-order valence-electron chi connectivity index (χ4n) is 2.88. The highest BCUT2D eigenvalue weighted by atomic mass is 32.2. The van der Waals surface area contributed by atoms with Gasteiger partial charge in [0, 0.05) is 38.3 Å². The van der Waals surface area contributed by atoms with Gasteiger partial charge in [0.25, 0.3) is 0 Å². The molecule has 2 atom stereocenters. The van der Waals surface area contributed by atoms with E-state index in [0.717, 1.165) is 5.69 Å². The number of aromatic nitrogens is 2. The monoisotopic (exact) mass is 338 g/mol. The first-order chi connectivity index (χ1) is 10.8. The second-order valence-electron chi connectivity index (χ2n) is 5.94. The molecule has 2 aromatic rings. The maximum absolute atomic E-state index is 13.2. The number of hydrogen-bond acceptors (Lipinski definition) is 4. The van der Waals surface area contributed by atoms with Crippen LogP contribution in [-0.4, -0.2) is 41.4 Å². The zero-order valence-electron chi connectivity index (χ0n) is 12.8. The molecule has 0 spiro atoms. The lowest BCUT2D eigenvalue weighted by Crippen LogP contribution is -2.33. The summed E-state index contributed by atoms with van der Waals surface area (Å²) < 4.78 is 41.5. The van der Waals surface area contributed by atoms with Gasteiger partial charge < -0.3 is 10.3 Å². The van der Waals surface area contributed by atoms with Gasteiger partial charge in [-0.3, -0.25) is 0 Å². The fraction of sp³-hybridized carbons (Fsp3) is 0.400. The standard InChI is InChI=1S/C15H19FN4O2S/c1-19-8-15(18-10-19)13-6-20(7-14(13)17)23(21,22)9-11-3-2-4-12(16)5-11/h2-5,8,10,13-14H,6-7,9,17H2,1H3/t13-,14-/m1/s1. The normalized spacial score (nSPS) is 22.6. The molecule has 3 rings (SSSR count). The van der Waals surface area contributed by atoms with Crippen molar-refractivity contribution in [3.05, 3.63) is 53.9 Å². The second kappa shape index (κ2) is 6.03. The Bertz CT molecular complexity index is 805. The number of nitrogens with zero attached hydrogens (tertiary/aromatic N) is 3. The Morgan fingerprint density at radius 1 is 1.39 bits per heavy atom. The van der Waals surface area contributed by atoms with Crippen molar-refractivity contribution in [2.45, 2.75) is 17.7 Å². The average molecular weight is 338 g/mol. The van der Waals surface area contributed by atoms with E-state index in [1.54, 1.807) is 12.4 Å². The number of aryl methyl sites for hydroxylation is 1. The topological polar surface area (TPSA) is 81.2 Å². The van der Waals surface area contributed by atoms with E-state index in [4.69, 9.17) is 5.73 Å². The van der Waals surface area contributed by atoms with Crippen molar-refractivity contribution in [3.63, 3.8) is 0 Å². The van der Waals surface area contributed by atoms with Crippen LogP contribution in [0.15, 0.2) is 36.8 Å². The number of benzene rings is 1. The van der Waals surface area contributed by atoms with Crippen LogP contribution in [0.3, 0.4) is 0 Å². The van der Waals surface area contributed by atoms with E-state index in [0.29, 0.717) is 12.1 Å². The van der Waals surface area contributed by atoms with Gasteiger partial charge in [-0.1, -0.05) is 12.1 Å². The molecule has 0 bridgehead atoms. The molecule has 0 aliphatic carbocycles. The zero-order valence-corrected chi connectivity index (χ0v) is 13.6. The van der Waals surface area contributed by atoms with Gasteiger partial charge in [-0.15, -0.1) is 0 Å². The fourth-order valence-corrected chi connectivity index (χ4v) is 4.46. The summed E-state index contributed by atoms with van der Waals surface area (Å²) in [4.78, 5) is 4.27. The van der Waals surface area contributed by atoms with Crippen LogP contribution in [0.5, 0.6) is 0 Å². The lowest BCUT2D eigenvalue weighted by Gasteiger charge is -2.16. The third-order valence-corrected chi connectivity index (χ3v) is 5.85. The molecule has 1 saturated heterocycles. The molecule has 0 unspecified atom stereocenters. The van der Waals surface area contributed by atoms with Crippen molar-refractivity contribution in [3.8, 4) is 0 Å². The SMILES string of the molecule is Cn1cnc([C@@H]2CN(S(=O)(=O)Cc3cccc(F)c3)C[C@H]2N)c1. The van der Waals surface area contributed by atoms with Gasteiger partial charge in [0.1, 0.15) is 5.82 Å². The highest BCUT2D eigenvalue weighted by molar-refractivity contribution is 7.88. The molecule has 0 amide bonds. The molecule has 1 aliphatic heterocycles. The van der Waals surface area contributed by atoms with Crippen molar-refractivity contribution in [1.82, 2.24) is 13.9 Å². The molecule has 1 aliphatic rings. The second-order valence-corrected chi connectivity index (χ2v) is 7.91. The summed E-state index contributed by atoms with van der Waals surface area (Å²) in [6.07, 6.45) is 3.53. The minimum Gasteiger partial charge on any atom is -0.340 e. The molecule has 0 radical (unpaired) electrons. The Hall–Kier alpha value is -1.77. The Kier molecular flexibility index (Phi) is 4.22. The first-order valence-corrected chi connectivity index (χ1v) is 8.92. The summed E-state index contributed by atoms with van der Waals surface area (Å²) in [6, 6.07) is 5.34. The molecule has 1 aromatic carbocycles. The maximum atomic E-state index is 13.2. The van der Waals surface area contributed by atoms with Crippen molar-refractivity contribution < 1.29 is 12.8 Å². The number of halogens is 1. The summed E-state index contributed by atoms with van der Waals surface area (Å²) >= 11 is 0. The molecular formula is C15H19FN4O2S. The molecule has 0 saturated carbocycles. The van der Waals surface area contributed by atoms with Gasteiger partial charge in [0.15, 0.2) is 0 Å². The summed E-state index contributed by atoms with van der Waals surface area (Å²) in [5.41, 5.74) is 7.33. The lowest BCUT2D eigenvalue weighted by atomic mass is 10.0. The smallest absolute Gasteiger partial charge is 0.218 e. The minimum absolute atomic E-state index is 0.126. The van der Waals surface area contributed by atoms with Crippen LogP contribution in [0.25, 0.3) is 0 Å². The first kappa shape index (κ1) is 16.1. The zero-order chi connectivity index (χ0) is 16.6.